The van der Waals surface area contributed by atoms with Crippen molar-refractivity contribution in [1.29, 1.82) is 0 Å². The Labute approximate surface area is 86.3 Å². The smallest absolute Gasteiger partial charge is 0.272 e. The lowest BCUT2D eigenvalue weighted by Gasteiger charge is -2.09. The first-order chi connectivity index (χ1) is 6.74. The number of nitrogens with zero attached hydrogens (tertiary/aromatic N) is 2. The molecule has 14 heavy (non-hydrogen) atoms. The van der Waals surface area contributed by atoms with Gasteiger partial charge in [-0.15, -0.1) is 5.10 Å². The van der Waals surface area contributed by atoms with Crippen molar-refractivity contribution in [1.82, 2.24) is 14.9 Å². The number of carbonyl (C=O) groups excluding carboxylic acids is 1. The van der Waals surface area contributed by atoms with Crippen LogP contribution in [-0.4, -0.2) is 33.8 Å². The summed E-state index contributed by atoms with van der Waals surface area (Å²) >= 11 is 1.15. The van der Waals surface area contributed by atoms with Crippen LogP contribution in [0.25, 0.3) is 0 Å². The predicted octanol–water partition coefficient (Wildman–Crippen LogP) is 0.286. The van der Waals surface area contributed by atoms with Crippen LogP contribution >= 0.6 is 11.5 Å². The first-order valence-corrected chi connectivity index (χ1v) is 5.23. The van der Waals surface area contributed by atoms with Crippen molar-refractivity contribution in [2.75, 3.05) is 13.2 Å². The summed E-state index contributed by atoms with van der Waals surface area (Å²) < 4.78 is 3.60. The van der Waals surface area contributed by atoms with Gasteiger partial charge in [-0.2, -0.15) is 0 Å². The van der Waals surface area contributed by atoms with Gasteiger partial charge in [0.25, 0.3) is 5.91 Å². The highest BCUT2D eigenvalue weighted by atomic mass is 32.1. The van der Waals surface area contributed by atoms with Crippen LogP contribution in [0.1, 0.15) is 23.8 Å². The average Bonchev–Trinajstić information content (AvgIpc) is 2.67. The number of hydrogen-bond acceptors (Lipinski definition) is 5. The zero-order valence-corrected chi connectivity index (χ0v) is 8.75. The molecule has 6 heteroatoms. The van der Waals surface area contributed by atoms with Gasteiger partial charge in [0.1, 0.15) is 0 Å². The van der Waals surface area contributed by atoms with E-state index >= 15 is 0 Å². The minimum Gasteiger partial charge on any atom is -0.396 e. The molecular formula is C8H13N3O2S. The molecule has 1 amide bonds. The van der Waals surface area contributed by atoms with E-state index in [1.165, 1.54) is 0 Å². The summed E-state index contributed by atoms with van der Waals surface area (Å²) in [6.45, 7) is 2.67. The predicted molar refractivity (Wildman–Crippen MR) is 53.1 cm³/mol. The molecule has 0 aliphatic rings. The maximum Gasteiger partial charge on any atom is 0.272 e. The maximum atomic E-state index is 11.3. The summed E-state index contributed by atoms with van der Waals surface area (Å²) in [5.41, 5.74) is 0.353. The normalized spacial score (nSPS) is 12.4. The molecule has 0 saturated heterocycles. The van der Waals surface area contributed by atoms with Gasteiger partial charge in [-0.3, -0.25) is 4.79 Å². The van der Waals surface area contributed by atoms with Crippen molar-refractivity contribution in [3.05, 3.63) is 11.1 Å². The minimum atomic E-state index is -0.205. The van der Waals surface area contributed by atoms with E-state index in [-0.39, 0.29) is 18.4 Å². The van der Waals surface area contributed by atoms with Crippen molar-refractivity contribution >= 4 is 17.4 Å². The van der Waals surface area contributed by atoms with Crippen LogP contribution in [0.3, 0.4) is 0 Å². The van der Waals surface area contributed by atoms with E-state index in [1.54, 1.807) is 5.38 Å². The summed E-state index contributed by atoms with van der Waals surface area (Å²) in [5, 5.41) is 16.6. The zero-order valence-electron chi connectivity index (χ0n) is 7.93. The van der Waals surface area contributed by atoms with Crippen molar-refractivity contribution < 1.29 is 9.90 Å². The molecule has 0 aliphatic carbocycles. The molecule has 2 N–H and O–H groups in total. The van der Waals surface area contributed by atoms with Crippen molar-refractivity contribution in [3.63, 3.8) is 0 Å². The van der Waals surface area contributed by atoms with Gasteiger partial charge in [0, 0.05) is 18.5 Å². The Hall–Kier alpha value is -1.01. The molecule has 0 aromatic carbocycles. The second-order valence-corrected chi connectivity index (χ2v) is 3.73. The van der Waals surface area contributed by atoms with Gasteiger partial charge >= 0.3 is 0 Å². The van der Waals surface area contributed by atoms with Crippen LogP contribution in [0.4, 0.5) is 0 Å². The lowest BCUT2D eigenvalue weighted by Crippen LogP contribution is -2.28. The minimum absolute atomic E-state index is 0.148. The largest absolute Gasteiger partial charge is 0.396 e. The number of aliphatic hydroxyl groups excluding tert-OH is 1. The van der Waals surface area contributed by atoms with Gasteiger partial charge in [-0.25, -0.2) is 0 Å². The molecule has 1 atom stereocenters. The van der Waals surface area contributed by atoms with E-state index in [2.05, 4.69) is 14.9 Å². The Morgan fingerprint density at radius 2 is 2.57 bits per heavy atom. The Morgan fingerprint density at radius 1 is 1.79 bits per heavy atom. The lowest BCUT2D eigenvalue weighted by atomic mass is 10.1. The highest BCUT2D eigenvalue weighted by Gasteiger charge is 2.09. The molecule has 1 unspecified atom stereocenters. The van der Waals surface area contributed by atoms with Crippen LogP contribution in [0.5, 0.6) is 0 Å². The Balaban J connectivity index is 2.28. The first kappa shape index (κ1) is 11.1. The van der Waals surface area contributed by atoms with E-state index in [0.717, 1.165) is 11.5 Å². The maximum absolute atomic E-state index is 11.3. The fraction of sp³-hybridized carbons (Fsp3) is 0.625. The van der Waals surface area contributed by atoms with Crippen LogP contribution in [0.15, 0.2) is 5.38 Å². The molecule has 1 heterocycles. The molecule has 0 spiro atoms. The highest BCUT2D eigenvalue weighted by molar-refractivity contribution is 7.03. The quantitative estimate of drug-likeness (QED) is 0.740. The summed E-state index contributed by atoms with van der Waals surface area (Å²) in [7, 11) is 0. The highest BCUT2D eigenvalue weighted by Crippen LogP contribution is 2.00. The van der Waals surface area contributed by atoms with E-state index in [0.29, 0.717) is 18.7 Å². The van der Waals surface area contributed by atoms with Gasteiger partial charge in [0.15, 0.2) is 5.69 Å². The SMILES string of the molecule is CC(CCO)CNC(=O)c1csnn1. The van der Waals surface area contributed by atoms with E-state index < -0.39 is 0 Å². The lowest BCUT2D eigenvalue weighted by molar-refractivity contribution is 0.0940. The fourth-order valence-electron chi connectivity index (χ4n) is 0.943. The van der Waals surface area contributed by atoms with Gasteiger partial charge in [-0.1, -0.05) is 11.4 Å². The van der Waals surface area contributed by atoms with Crippen molar-refractivity contribution in [3.8, 4) is 0 Å². The molecule has 0 saturated carbocycles. The number of rotatable bonds is 5. The molecule has 0 bridgehead atoms. The molecular weight excluding hydrogens is 202 g/mol. The molecule has 1 aromatic heterocycles. The third kappa shape index (κ3) is 3.39. The van der Waals surface area contributed by atoms with E-state index in [4.69, 9.17) is 5.11 Å². The third-order valence-corrected chi connectivity index (χ3v) is 2.33. The molecule has 1 rings (SSSR count). The second-order valence-electron chi connectivity index (χ2n) is 3.12. The number of nitrogens with one attached hydrogen (secondary N) is 1. The molecule has 0 radical (unpaired) electrons. The summed E-state index contributed by atoms with van der Waals surface area (Å²) in [6.07, 6.45) is 0.690. The molecule has 0 fully saturated rings. The molecule has 78 valence electrons. The van der Waals surface area contributed by atoms with Gasteiger partial charge in [-0.05, 0) is 23.9 Å². The topological polar surface area (TPSA) is 75.1 Å². The van der Waals surface area contributed by atoms with Crippen molar-refractivity contribution in [2.45, 2.75) is 13.3 Å². The number of aliphatic hydroxyl groups is 1. The van der Waals surface area contributed by atoms with Crippen LogP contribution in [0.2, 0.25) is 0 Å². The van der Waals surface area contributed by atoms with Crippen molar-refractivity contribution in [2.24, 2.45) is 5.92 Å². The number of amides is 1. The number of hydrogen-bond donors (Lipinski definition) is 2. The van der Waals surface area contributed by atoms with Gasteiger partial charge < -0.3 is 10.4 Å². The number of carbonyl (C=O) groups is 1. The Kier molecular flexibility index (Phi) is 4.48. The summed E-state index contributed by atoms with van der Waals surface area (Å²) in [6, 6.07) is 0. The van der Waals surface area contributed by atoms with Crippen LogP contribution in [-0.2, 0) is 0 Å². The van der Waals surface area contributed by atoms with E-state index in [1.807, 2.05) is 6.92 Å². The Morgan fingerprint density at radius 3 is 3.14 bits per heavy atom. The zero-order chi connectivity index (χ0) is 10.4. The first-order valence-electron chi connectivity index (χ1n) is 4.40. The van der Waals surface area contributed by atoms with Crippen LogP contribution in [0, 0.1) is 5.92 Å². The Bertz CT molecular complexity index is 276. The third-order valence-electron chi connectivity index (χ3n) is 1.83. The van der Waals surface area contributed by atoms with E-state index in [9.17, 15) is 4.79 Å². The molecule has 1 aromatic rings. The monoisotopic (exact) mass is 215 g/mol. The number of aromatic nitrogens is 2. The summed E-state index contributed by atoms with van der Waals surface area (Å²) in [4.78, 5) is 11.3. The molecule has 5 nitrogen and oxygen atoms in total. The summed E-state index contributed by atoms with van der Waals surface area (Å²) in [5.74, 6) is 0.0686. The second kappa shape index (κ2) is 5.66. The van der Waals surface area contributed by atoms with Gasteiger partial charge in [0.2, 0.25) is 0 Å². The standard InChI is InChI=1S/C8H13N3O2S/c1-6(2-3-12)4-9-8(13)7-5-14-11-10-7/h5-6,12H,2-4H2,1H3,(H,9,13). The van der Waals surface area contributed by atoms with Gasteiger partial charge in [0.05, 0.1) is 0 Å². The van der Waals surface area contributed by atoms with Crippen LogP contribution < -0.4 is 5.32 Å². The average molecular weight is 215 g/mol. The fourth-order valence-corrected chi connectivity index (χ4v) is 1.38. The molecule has 0 aliphatic heterocycles.